The van der Waals surface area contributed by atoms with Gasteiger partial charge in [0.05, 0.1) is 49.4 Å². The maximum atomic E-state index is 14.1. The number of ether oxygens (including phenoxy) is 1. The first-order valence-corrected chi connectivity index (χ1v) is 12.8. The standard InChI is InChI=1S/C26H29F4N5O2/c27-18-9-17-12-35(25(36)16-5-7-33(8-6-16)15-26(28,29)30)23-10-19(2-4-22(23)32-24(17)31-11-18)34-13-21-3-1-20(34)14-37-21/h2,4,9-11,16,20-21H,1,3,5-8,12-15H2,(H,31,32). The third-order valence-electron chi connectivity index (χ3n) is 7.91. The number of pyridine rings is 1. The van der Waals surface area contributed by atoms with Crippen molar-refractivity contribution in [3.05, 3.63) is 41.8 Å². The number of amides is 1. The van der Waals surface area contributed by atoms with Crippen LogP contribution in [0.4, 0.5) is 40.4 Å². The lowest BCUT2D eigenvalue weighted by molar-refractivity contribution is -0.149. The monoisotopic (exact) mass is 519 g/mol. The smallest absolute Gasteiger partial charge is 0.374 e. The molecule has 4 saturated heterocycles. The van der Waals surface area contributed by atoms with Gasteiger partial charge in [0, 0.05) is 23.7 Å². The summed E-state index contributed by atoms with van der Waals surface area (Å²) in [6, 6.07) is 7.56. The number of alkyl halides is 3. The van der Waals surface area contributed by atoms with Crippen LogP contribution in [-0.2, 0) is 16.1 Å². The highest BCUT2D eigenvalue weighted by atomic mass is 19.4. The predicted molar refractivity (Wildman–Crippen MR) is 130 cm³/mol. The second kappa shape index (κ2) is 9.43. The highest BCUT2D eigenvalue weighted by molar-refractivity contribution is 6.00. The number of morpholine rings is 1. The van der Waals surface area contributed by atoms with Crippen LogP contribution in [-0.4, -0.2) is 66.9 Å². The molecule has 5 aliphatic heterocycles. The van der Waals surface area contributed by atoms with Gasteiger partial charge in [-0.1, -0.05) is 0 Å². The third kappa shape index (κ3) is 4.98. The number of hydrogen-bond acceptors (Lipinski definition) is 6. The molecule has 0 aliphatic carbocycles. The second-order valence-corrected chi connectivity index (χ2v) is 10.4. The summed E-state index contributed by atoms with van der Waals surface area (Å²) in [5.41, 5.74) is 2.89. The van der Waals surface area contributed by atoms with Gasteiger partial charge in [-0.25, -0.2) is 9.37 Å². The Morgan fingerprint density at radius 3 is 2.62 bits per heavy atom. The van der Waals surface area contributed by atoms with Gasteiger partial charge in [-0.05, 0) is 63.0 Å². The Kier molecular flexibility index (Phi) is 6.22. The van der Waals surface area contributed by atoms with Gasteiger partial charge in [-0.2, -0.15) is 13.2 Å². The van der Waals surface area contributed by atoms with E-state index in [9.17, 15) is 22.4 Å². The zero-order valence-corrected chi connectivity index (χ0v) is 20.3. The molecule has 37 heavy (non-hydrogen) atoms. The number of anilines is 4. The number of nitrogens with zero attached hydrogens (tertiary/aromatic N) is 4. The summed E-state index contributed by atoms with van der Waals surface area (Å²) in [5.74, 6) is -0.587. The first-order chi connectivity index (χ1) is 17.7. The predicted octanol–water partition coefficient (Wildman–Crippen LogP) is 4.45. The van der Waals surface area contributed by atoms with Gasteiger partial charge < -0.3 is 19.9 Å². The Balaban J connectivity index is 1.30. The van der Waals surface area contributed by atoms with E-state index in [1.807, 2.05) is 18.2 Å². The highest BCUT2D eigenvalue weighted by Gasteiger charge is 2.38. The molecule has 2 unspecified atom stereocenters. The molecule has 0 saturated carbocycles. The number of carbonyl (C=O) groups is 1. The Labute approximate surface area is 212 Å². The summed E-state index contributed by atoms with van der Waals surface area (Å²) >= 11 is 0. The molecule has 198 valence electrons. The van der Waals surface area contributed by atoms with Crippen molar-refractivity contribution in [1.29, 1.82) is 0 Å². The number of benzene rings is 1. The quantitative estimate of drug-likeness (QED) is 0.605. The van der Waals surface area contributed by atoms with Crippen LogP contribution in [0.15, 0.2) is 30.5 Å². The van der Waals surface area contributed by atoms with Crippen molar-refractivity contribution in [3.8, 4) is 0 Å². The zero-order valence-electron chi connectivity index (χ0n) is 20.3. The molecule has 1 amide bonds. The summed E-state index contributed by atoms with van der Waals surface area (Å²) in [5, 5.41) is 3.27. The van der Waals surface area contributed by atoms with Crippen molar-refractivity contribution in [2.24, 2.45) is 5.92 Å². The van der Waals surface area contributed by atoms with Crippen molar-refractivity contribution < 1.29 is 27.1 Å². The number of piperidine rings is 2. The summed E-state index contributed by atoms with van der Waals surface area (Å²) in [6.45, 7) is 1.04. The van der Waals surface area contributed by atoms with Gasteiger partial charge in [0.15, 0.2) is 0 Å². The van der Waals surface area contributed by atoms with Crippen LogP contribution in [0.1, 0.15) is 31.2 Å². The minimum absolute atomic E-state index is 0.125. The molecule has 7 nitrogen and oxygen atoms in total. The fraction of sp³-hybridized carbons (Fsp3) is 0.538. The summed E-state index contributed by atoms with van der Waals surface area (Å²) in [7, 11) is 0. The van der Waals surface area contributed by atoms with Crippen LogP contribution in [0.25, 0.3) is 0 Å². The largest absolute Gasteiger partial charge is 0.401 e. The average Bonchev–Trinajstić information content (AvgIpc) is 3.04. The summed E-state index contributed by atoms with van der Waals surface area (Å²) < 4.78 is 58.5. The number of rotatable bonds is 3. The van der Waals surface area contributed by atoms with E-state index in [2.05, 4.69) is 15.2 Å². The van der Waals surface area contributed by atoms with Crippen LogP contribution in [0.2, 0.25) is 0 Å². The van der Waals surface area contributed by atoms with Crippen molar-refractivity contribution in [2.45, 2.75) is 50.6 Å². The van der Waals surface area contributed by atoms with Crippen LogP contribution in [0, 0.1) is 11.7 Å². The van der Waals surface area contributed by atoms with Gasteiger partial charge in [0.25, 0.3) is 0 Å². The topological polar surface area (TPSA) is 60.9 Å². The Morgan fingerprint density at radius 1 is 1.14 bits per heavy atom. The molecule has 2 bridgehead atoms. The zero-order chi connectivity index (χ0) is 25.7. The number of aromatic nitrogens is 1. The van der Waals surface area contributed by atoms with E-state index in [-0.39, 0.29) is 37.7 Å². The van der Waals surface area contributed by atoms with E-state index in [0.717, 1.165) is 31.3 Å². The number of likely N-dealkylation sites (tertiary alicyclic amines) is 1. The van der Waals surface area contributed by atoms with Crippen LogP contribution in [0.3, 0.4) is 0 Å². The molecule has 4 fully saturated rings. The van der Waals surface area contributed by atoms with Gasteiger partial charge >= 0.3 is 6.18 Å². The van der Waals surface area contributed by atoms with Gasteiger partial charge in [-0.15, -0.1) is 0 Å². The average molecular weight is 520 g/mol. The van der Waals surface area contributed by atoms with E-state index in [4.69, 9.17) is 4.74 Å². The number of carbonyl (C=O) groups excluding carboxylic acids is 1. The Hall–Kier alpha value is -2.92. The van der Waals surface area contributed by atoms with Crippen LogP contribution < -0.4 is 15.1 Å². The first-order valence-electron chi connectivity index (χ1n) is 12.8. The first kappa shape index (κ1) is 24.4. The number of nitrogens with one attached hydrogen (secondary N) is 1. The normalized spacial score (nSPS) is 24.3. The van der Waals surface area contributed by atoms with Crippen molar-refractivity contribution in [2.75, 3.05) is 47.9 Å². The van der Waals surface area contributed by atoms with Gasteiger partial charge in [0.2, 0.25) is 5.91 Å². The molecule has 1 aromatic carbocycles. The molecule has 1 N–H and O–H groups in total. The third-order valence-corrected chi connectivity index (χ3v) is 7.91. The molecule has 0 spiro atoms. The van der Waals surface area contributed by atoms with Crippen molar-refractivity contribution >= 4 is 28.8 Å². The number of hydrogen-bond donors (Lipinski definition) is 1. The van der Waals surface area contributed by atoms with Gasteiger partial charge in [0.1, 0.15) is 11.6 Å². The lowest BCUT2D eigenvalue weighted by atomic mass is 9.94. The fourth-order valence-corrected chi connectivity index (χ4v) is 6.00. The lowest BCUT2D eigenvalue weighted by Crippen LogP contribution is -2.54. The van der Waals surface area contributed by atoms with E-state index < -0.39 is 24.5 Å². The van der Waals surface area contributed by atoms with E-state index in [0.29, 0.717) is 42.2 Å². The van der Waals surface area contributed by atoms with Crippen LogP contribution >= 0.6 is 0 Å². The highest BCUT2D eigenvalue weighted by Crippen LogP contribution is 2.41. The molecule has 2 aromatic rings. The summed E-state index contributed by atoms with van der Waals surface area (Å²) in [4.78, 5) is 23.4. The molecule has 11 heteroatoms. The van der Waals surface area contributed by atoms with E-state index in [1.54, 1.807) is 4.90 Å². The minimum Gasteiger partial charge on any atom is -0.374 e. The second-order valence-electron chi connectivity index (χ2n) is 10.4. The molecule has 0 radical (unpaired) electrons. The Morgan fingerprint density at radius 2 is 1.95 bits per heavy atom. The Bertz CT molecular complexity index is 1180. The summed E-state index contributed by atoms with van der Waals surface area (Å²) in [6.07, 6.45) is -0.158. The number of halogens is 4. The lowest BCUT2D eigenvalue weighted by Gasteiger charge is -2.46. The molecule has 7 rings (SSSR count). The maximum absolute atomic E-state index is 14.1. The van der Waals surface area contributed by atoms with Gasteiger partial charge in [-0.3, -0.25) is 9.69 Å². The fourth-order valence-electron chi connectivity index (χ4n) is 6.00. The van der Waals surface area contributed by atoms with E-state index in [1.165, 1.54) is 11.0 Å². The molecule has 6 heterocycles. The molecule has 1 aromatic heterocycles. The molecule has 5 aliphatic rings. The van der Waals surface area contributed by atoms with Crippen molar-refractivity contribution in [1.82, 2.24) is 9.88 Å². The van der Waals surface area contributed by atoms with Crippen molar-refractivity contribution in [3.63, 3.8) is 0 Å². The van der Waals surface area contributed by atoms with E-state index >= 15 is 0 Å². The number of fused-ring (bicyclic) bond motifs is 5. The van der Waals surface area contributed by atoms with Crippen LogP contribution in [0.5, 0.6) is 0 Å². The minimum atomic E-state index is -4.26. The maximum Gasteiger partial charge on any atom is 0.401 e. The molecular formula is C26H29F4N5O2. The molecular weight excluding hydrogens is 490 g/mol. The molecule has 2 atom stereocenters. The SMILES string of the molecule is O=C(C1CCN(CC(F)(F)F)CC1)N1Cc2cc(F)cnc2Nc2ccc(N3CC4CCC3CO4)cc21.